The van der Waals surface area contributed by atoms with Crippen LogP contribution in [0.25, 0.3) is 0 Å². The molecule has 168 valence electrons. The maximum absolute atomic E-state index is 12.5. The zero-order valence-corrected chi connectivity index (χ0v) is 18.8. The number of hydrogen-bond donors (Lipinski definition) is 4. The van der Waals surface area contributed by atoms with Gasteiger partial charge in [0.15, 0.2) is 0 Å². The Morgan fingerprint density at radius 2 is 1.78 bits per heavy atom. The largest absolute Gasteiger partial charge is 0.497 e. The Kier molecular flexibility index (Phi) is 7.82. The fourth-order valence-corrected chi connectivity index (χ4v) is 4.39. The van der Waals surface area contributed by atoms with E-state index in [-0.39, 0.29) is 23.5 Å². The molecular formula is C21H22N4O5S2. The van der Waals surface area contributed by atoms with Crippen molar-refractivity contribution in [1.29, 1.82) is 0 Å². The average molecular weight is 475 g/mol. The number of nitrogens with one attached hydrogen (secondary N) is 4. The normalized spacial score (nSPS) is 10.9. The fraction of sp³-hybridized carbons (Fsp3) is 0.143. The molecule has 2 amide bonds. The van der Waals surface area contributed by atoms with Crippen LogP contribution in [0.1, 0.15) is 15.2 Å². The lowest BCUT2D eigenvalue weighted by Gasteiger charge is -2.11. The highest BCUT2D eigenvalue weighted by molar-refractivity contribution is 7.89. The highest BCUT2D eigenvalue weighted by Gasteiger charge is 2.16. The molecule has 0 aliphatic rings. The summed E-state index contributed by atoms with van der Waals surface area (Å²) < 4.78 is 32.6. The standard InChI is InChI=1S/C21H22N4O5S2/c1-30-17-9-7-16(8-10-17)22-14-20(26)24-25-21(27)15-4-2-6-19(12-15)32(28,29)23-13-18-5-3-11-31-18/h2-12,22-23H,13-14H2,1H3,(H,24,26)(H,25,27). The van der Waals surface area contributed by atoms with Gasteiger partial charge in [-0.25, -0.2) is 13.1 Å². The van der Waals surface area contributed by atoms with Gasteiger partial charge in [-0.2, -0.15) is 0 Å². The predicted molar refractivity (Wildman–Crippen MR) is 122 cm³/mol. The molecule has 1 aromatic heterocycles. The van der Waals surface area contributed by atoms with Crippen LogP contribution in [0.2, 0.25) is 0 Å². The van der Waals surface area contributed by atoms with Gasteiger partial charge in [0, 0.05) is 22.7 Å². The number of anilines is 1. The third-order valence-electron chi connectivity index (χ3n) is 4.28. The second-order valence-corrected chi connectivity index (χ2v) is 9.32. The van der Waals surface area contributed by atoms with Crippen LogP contribution in [0.5, 0.6) is 5.75 Å². The van der Waals surface area contributed by atoms with Crippen molar-refractivity contribution in [3.8, 4) is 5.75 Å². The van der Waals surface area contributed by atoms with E-state index in [9.17, 15) is 18.0 Å². The van der Waals surface area contributed by atoms with E-state index in [1.807, 2.05) is 17.5 Å². The molecule has 0 bridgehead atoms. The van der Waals surface area contributed by atoms with E-state index < -0.39 is 21.8 Å². The summed E-state index contributed by atoms with van der Waals surface area (Å²) in [5.74, 6) is -0.424. The Bertz CT molecular complexity index is 1160. The lowest BCUT2D eigenvalue weighted by atomic mass is 10.2. The summed E-state index contributed by atoms with van der Waals surface area (Å²) >= 11 is 1.44. The molecule has 2 aromatic carbocycles. The lowest BCUT2D eigenvalue weighted by Crippen LogP contribution is -2.44. The Balaban J connectivity index is 1.51. The van der Waals surface area contributed by atoms with Gasteiger partial charge < -0.3 is 10.1 Å². The molecule has 0 saturated heterocycles. The monoisotopic (exact) mass is 474 g/mol. The molecular weight excluding hydrogens is 452 g/mol. The smallest absolute Gasteiger partial charge is 0.269 e. The molecule has 32 heavy (non-hydrogen) atoms. The summed E-state index contributed by atoms with van der Waals surface area (Å²) in [4.78, 5) is 25.1. The summed E-state index contributed by atoms with van der Waals surface area (Å²) in [6, 6.07) is 16.2. The zero-order chi connectivity index (χ0) is 23.0. The summed E-state index contributed by atoms with van der Waals surface area (Å²) in [6.07, 6.45) is 0. The van der Waals surface area contributed by atoms with Gasteiger partial charge in [0.2, 0.25) is 10.0 Å². The van der Waals surface area contributed by atoms with E-state index in [1.165, 1.54) is 35.6 Å². The number of amides is 2. The number of carbonyl (C=O) groups is 2. The molecule has 0 saturated carbocycles. The van der Waals surface area contributed by atoms with Crippen molar-refractivity contribution in [2.45, 2.75) is 11.4 Å². The molecule has 3 rings (SSSR count). The molecule has 0 aliphatic heterocycles. The Morgan fingerprint density at radius 1 is 1.00 bits per heavy atom. The van der Waals surface area contributed by atoms with Crippen LogP contribution in [0.15, 0.2) is 70.9 Å². The van der Waals surface area contributed by atoms with Gasteiger partial charge in [0.05, 0.1) is 18.6 Å². The number of ether oxygens (including phenoxy) is 1. The van der Waals surface area contributed by atoms with Crippen LogP contribution in [0.4, 0.5) is 5.69 Å². The van der Waals surface area contributed by atoms with Gasteiger partial charge in [-0.05, 0) is 53.9 Å². The van der Waals surface area contributed by atoms with Crippen molar-refractivity contribution < 1.29 is 22.7 Å². The van der Waals surface area contributed by atoms with Crippen LogP contribution >= 0.6 is 11.3 Å². The SMILES string of the molecule is COc1ccc(NCC(=O)NNC(=O)c2cccc(S(=O)(=O)NCc3cccs3)c2)cc1. The molecule has 0 atom stereocenters. The first-order valence-corrected chi connectivity index (χ1v) is 11.8. The number of hydrazine groups is 1. The Morgan fingerprint density at radius 3 is 2.47 bits per heavy atom. The van der Waals surface area contributed by atoms with Crippen molar-refractivity contribution in [3.05, 3.63) is 76.5 Å². The van der Waals surface area contributed by atoms with E-state index in [2.05, 4.69) is 20.9 Å². The van der Waals surface area contributed by atoms with Crippen LogP contribution in [-0.4, -0.2) is 33.9 Å². The minimum atomic E-state index is -3.80. The number of benzene rings is 2. The van der Waals surface area contributed by atoms with Gasteiger partial charge in [-0.1, -0.05) is 12.1 Å². The molecule has 11 heteroatoms. The lowest BCUT2D eigenvalue weighted by molar-refractivity contribution is -0.120. The van der Waals surface area contributed by atoms with Gasteiger partial charge in [-0.3, -0.25) is 20.4 Å². The van der Waals surface area contributed by atoms with Crippen LogP contribution in [-0.2, 0) is 21.4 Å². The summed E-state index contributed by atoms with van der Waals surface area (Å²) in [7, 11) is -2.24. The van der Waals surface area contributed by atoms with Gasteiger partial charge in [-0.15, -0.1) is 11.3 Å². The van der Waals surface area contributed by atoms with E-state index in [0.29, 0.717) is 11.4 Å². The number of rotatable bonds is 9. The number of thiophene rings is 1. The molecule has 9 nitrogen and oxygen atoms in total. The summed E-state index contributed by atoms with van der Waals surface area (Å²) in [5, 5.41) is 4.76. The topological polar surface area (TPSA) is 126 Å². The first kappa shape index (κ1) is 23.3. The number of hydrogen-bond acceptors (Lipinski definition) is 7. The summed E-state index contributed by atoms with van der Waals surface area (Å²) in [5.41, 5.74) is 5.36. The summed E-state index contributed by atoms with van der Waals surface area (Å²) in [6.45, 7) is 0.0847. The van der Waals surface area contributed by atoms with E-state index in [4.69, 9.17) is 4.74 Å². The van der Waals surface area contributed by atoms with Gasteiger partial charge >= 0.3 is 0 Å². The van der Waals surface area contributed by atoms with Crippen LogP contribution < -0.4 is 25.6 Å². The van der Waals surface area contributed by atoms with E-state index >= 15 is 0 Å². The second kappa shape index (κ2) is 10.8. The Labute approximate surface area is 189 Å². The van der Waals surface area contributed by atoms with Crippen LogP contribution in [0, 0.1) is 0 Å². The number of methoxy groups -OCH3 is 1. The fourth-order valence-electron chi connectivity index (χ4n) is 2.60. The Hall–Kier alpha value is -3.41. The molecule has 0 spiro atoms. The van der Waals surface area contributed by atoms with Crippen molar-refractivity contribution in [2.24, 2.45) is 0 Å². The van der Waals surface area contributed by atoms with E-state index in [1.54, 1.807) is 31.4 Å². The third kappa shape index (κ3) is 6.54. The third-order valence-corrected chi connectivity index (χ3v) is 6.56. The van der Waals surface area contributed by atoms with Crippen molar-refractivity contribution in [2.75, 3.05) is 19.0 Å². The van der Waals surface area contributed by atoms with Gasteiger partial charge in [0.25, 0.3) is 11.8 Å². The number of sulfonamides is 1. The first-order valence-electron chi connectivity index (χ1n) is 9.46. The molecule has 0 unspecified atom stereocenters. The molecule has 4 N–H and O–H groups in total. The quantitative estimate of drug-likeness (QED) is 0.352. The van der Waals surface area contributed by atoms with Gasteiger partial charge in [0.1, 0.15) is 5.75 Å². The average Bonchev–Trinajstić information content (AvgIpc) is 3.34. The maximum atomic E-state index is 12.5. The van der Waals surface area contributed by atoms with Crippen molar-refractivity contribution in [1.82, 2.24) is 15.6 Å². The maximum Gasteiger partial charge on any atom is 0.269 e. The minimum Gasteiger partial charge on any atom is -0.497 e. The molecule has 0 radical (unpaired) electrons. The highest BCUT2D eigenvalue weighted by atomic mass is 32.2. The number of carbonyl (C=O) groups excluding carboxylic acids is 2. The van der Waals surface area contributed by atoms with Crippen molar-refractivity contribution >= 4 is 38.9 Å². The predicted octanol–water partition coefficient (Wildman–Crippen LogP) is 2.11. The molecule has 3 aromatic rings. The second-order valence-electron chi connectivity index (χ2n) is 6.52. The molecule has 1 heterocycles. The molecule has 0 fully saturated rings. The van der Waals surface area contributed by atoms with E-state index in [0.717, 1.165) is 4.88 Å². The van der Waals surface area contributed by atoms with Crippen LogP contribution in [0.3, 0.4) is 0 Å². The highest BCUT2D eigenvalue weighted by Crippen LogP contribution is 2.15. The minimum absolute atomic E-state index is 0.0470. The first-order chi connectivity index (χ1) is 15.4. The van der Waals surface area contributed by atoms with Crippen molar-refractivity contribution in [3.63, 3.8) is 0 Å². The molecule has 0 aliphatic carbocycles. The zero-order valence-electron chi connectivity index (χ0n) is 17.1.